The minimum absolute atomic E-state index is 0.119. The number of fused-ring (bicyclic) bond motifs is 1. The lowest BCUT2D eigenvalue weighted by atomic mass is 9.80. The topological polar surface area (TPSA) is 40.6 Å². The van der Waals surface area contributed by atoms with Crippen molar-refractivity contribution in [3.63, 3.8) is 0 Å². The number of anilines is 1. The lowest BCUT2D eigenvalue weighted by molar-refractivity contribution is -0.123. The van der Waals surface area contributed by atoms with Crippen LogP contribution >= 0.6 is 11.8 Å². The van der Waals surface area contributed by atoms with Crippen LogP contribution in [0.5, 0.6) is 0 Å². The quantitative estimate of drug-likeness (QED) is 0.618. The van der Waals surface area contributed by atoms with Crippen LogP contribution in [-0.2, 0) is 11.3 Å². The summed E-state index contributed by atoms with van der Waals surface area (Å²) in [6.45, 7) is 7.10. The summed E-state index contributed by atoms with van der Waals surface area (Å²) in [5.74, 6) is 0.227. The van der Waals surface area contributed by atoms with Crippen molar-refractivity contribution >= 4 is 34.7 Å². The second kappa shape index (κ2) is 7.38. The van der Waals surface area contributed by atoms with Gasteiger partial charge >= 0.3 is 0 Å². The molecule has 2 aromatic rings. The molecule has 0 bridgehead atoms. The number of carbonyl (C=O) groups is 2. The highest BCUT2D eigenvalue weighted by Crippen LogP contribution is 2.43. The average Bonchev–Trinajstić information content (AvgIpc) is 2.94. The highest BCUT2D eigenvalue weighted by molar-refractivity contribution is 8.18. The molecule has 1 fully saturated rings. The summed E-state index contributed by atoms with van der Waals surface area (Å²) in [7, 11) is 2.14. The van der Waals surface area contributed by atoms with E-state index >= 15 is 0 Å². The summed E-state index contributed by atoms with van der Waals surface area (Å²) < 4.78 is 0. The van der Waals surface area contributed by atoms with Crippen molar-refractivity contribution in [2.45, 2.75) is 45.2 Å². The predicted molar refractivity (Wildman–Crippen MR) is 120 cm³/mol. The maximum Gasteiger partial charge on any atom is 0.293 e. The minimum Gasteiger partial charge on any atom is -0.369 e. The number of hydrogen-bond donors (Lipinski definition) is 0. The van der Waals surface area contributed by atoms with Gasteiger partial charge in [-0.2, -0.15) is 0 Å². The third-order valence-electron chi connectivity index (χ3n) is 6.01. The first kappa shape index (κ1) is 19.8. The van der Waals surface area contributed by atoms with E-state index in [2.05, 4.69) is 44.9 Å². The Morgan fingerprint density at radius 1 is 1.14 bits per heavy atom. The first-order valence-electron chi connectivity index (χ1n) is 9.93. The fourth-order valence-corrected chi connectivity index (χ4v) is 5.08. The number of nitrogens with zero attached hydrogens (tertiary/aromatic N) is 2. The van der Waals surface area contributed by atoms with E-state index < -0.39 is 0 Å². The molecule has 1 unspecified atom stereocenters. The largest absolute Gasteiger partial charge is 0.369 e. The molecule has 5 heteroatoms. The molecule has 4 nitrogen and oxygen atoms in total. The second-order valence-corrected chi connectivity index (χ2v) is 9.54. The van der Waals surface area contributed by atoms with Gasteiger partial charge in [0.1, 0.15) is 0 Å². The van der Waals surface area contributed by atoms with E-state index in [1.165, 1.54) is 16.2 Å². The number of carbonyl (C=O) groups excluding carboxylic acids is 2. The molecule has 0 aromatic heterocycles. The lowest BCUT2D eigenvalue weighted by Crippen LogP contribution is -2.45. The van der Waals surface area contributed by atoms with Crippen LogP contribution < -0.4 is 4.90 Å². The highest BCUT2D eigenvalue weighted by atomic mass is 32.2. The van der Waals surface area contributed by atoms with Crippen LogP contribution in [0.15, 0.2) is 53.4 Å². The van der Waals surface area contributed by atoms with Gasteiger partial charge in [0, 0.05) is 18.3 Å². The first-order chi connectivity index (χ1) is 13.8. The first-order valence-corrected chi connectivity index (χ1v) is 10.7. The van der Waals surface area contributed by atoms with Crippen LogP contribution in [0.4, 0.5) is 10.5 Å². The summed E-state index contributed by atoms with van der Waals surface area (Å²) in [5.41, 5.74) is 4.57. The Hall–Kier alpha value is -2.53. The minimum atomic E-state index is -0.215. The molecule has 2 aliphatic rings. The van der Waals surface area contributed by atoms with Crippen LogP contribution in [0.3, 0.4) is 0 Å². The molecule has 1 atom stereocenters. The molecule has 2 aliphatic heterocycles. The van der Waals surface area contributed by atoms with Gasteiger partial charge in [0.25, 0.3) is 11.1 Å². The van der Waals surface area contributed by atoms with Crippen molar-refractivity contribution in [3.8, 4) is 0 Å². The van der Waals surface area contributed by atoms with E-state index in [4.69, 9.17) is 0 Å². The van der Waals surface area contributed by atoms with Crippen LogP contribution in [0.2, 0.25) is 0 Å². The van der Waals surface area contributed by atoms with Crippen molar-refractivity contribution in [1.29, 1.82) is 0 Å². The second-order valence-electron chi connectivity index (χ2n) is 8.55. The monoisotopic (exact) mass is 406 g/mol. The van der Waals surface area contributed by atoms with Gasteiger partial charge in [0.05, 0.1) is 11.4 Å². The SMILES string of the molecule is CC1CC(C)(C)N(C)c2ccc(/C=C3/SC(=O)N(Cc4ccccc4)C3=O)cc21. The molecule has 4 rings (SSSR count). The van der Waals surface area contributed by atoms with Crippen LogP contribution in [0, 0.1) is 0 Å². The maximum absolute atomic E-state index is 12.8. The average molecular weight is 407 g/mol. The van der Waals surface area contributed by atoms with Gasteiger partial charge in [-0.15, -0.1) is 0 Å². The molecule has 2 aromatic carbocycles. The van der Waals surface area contributed by atoms with E-state index in [1.54, 1.807) is 0 Å². The molecule has 0 saturated carbocycles. The molecule has 0 N–H and O–H groups in total. The summed E-state index contributed by atoms with van der Waals surface area (Å²) >= 11 is 1.02. The van der Waals surface area contributed by atoms with Gasteiger partial charge in [-0.3, -0.25) is 14.5 Å². The van der Waals surface area contributed by atoms with Gasteiger partial charge in [-0.1, -0.05) is 43.3 Å². The Labute approximate surface area is 176 Å². The van der Waals surface area contributed by atoms with E-state index in [1.807, 2.05) is 42.5 Å². The fraction of sp³-hybridized carbons (Fsp3) is 0.333. The standard InChI is InChI=1S/C24H26N2O2S/c1-16-14-24(2,3)25(4)20-11-10-18(12-19(16)20)13-21-22(27)26(23(28)29-21)15-17-8-6-5-7-9-17/h5-13,16H,14-15H2,1-4H3/b21-13+. The maximum atomic E-state index is 12.8. The number of rotatable bonds is 3. The molecule has 29 heavy (non-hydrogen) atoms. The Morgan fingerprint density at radius 2 is 1.86 bits per heavy atom. The molecule has 150 valence electrons. The summed E-state index contributed by atoms with van der Waals surface area (Å²) in [4.78, 5) is 29.4. The number of thioether (sulfide) groups is 1. The molecular weight excluding hydrogens is 380 g/mol. The Morgan fingerprint density at radius 3 is 2.59 bits per heavy atom. The van der Waals surface area contributed by atoms with Crippen molar-refractivity contribution in [1.82, 2.24) is 4.90 Å². The van der Waals surface area contributed by atoms with Gasteiger partial charge in [-0.05, 0) is 72.8 Å². The normalized spacial score (nSPS) is 22.3. The van der Waals surface area contributed by atoms with E-state index in [0.29, 0.717) is 17.4 Å². The van der Waals surface area contributed by atoms with Crippen LogP contribution in [0.1, 0.15) is 49.8 Å². The van der Waals surface area contributed by atoms with Crippen molar-refractivity contribution in [3.05, 3.63) is 70.1 Å². The van der Waals surface area contributed by atoms with Crippen LogP contribution in [-0.4, -0.2) is 28.6 Å². The third-order valence-corrected chi connectivity index (χ3v) is 6.92. The molecule has 2 heterocycles. The van der Waals surface area contributed by atoms with Gasteiger partial charge in [-0.25, -0.2) is 0 Å². The number of imide groups is 1. The fourth-order valence-electron chi connectivity index (χ4n) is 4.24. The number of hydrogen-bond acceptors (Lipinski definition) is 4. The lowest BCUT2D eigenvalue weighted by Gasteiger charge is -2.45. The molecule has 0 radical (unpaired) electrons. The zero-order chi connectivity index (χ0) is 20.8. The predicted octanol–water partition coefficient (Wildman–Crippen LogP) is 5.65. The van der Waals surface area contributed by atoms with Gasteiger partial charge < -0.3 is 4.90 Å². The highest BCUT2D eigenvalue weighted by Gasteiger charge is 2.36. The number of benzene rings is 2. The zero-order valence-corrected chi connectivity index (χ0v) is 18.1. The van der Waals surface area contributed by atoms with Gasteiger partial charge in [0.15, 0.2) is 0 Å². The van der Waals surface area contributed by atoms with E-state index in [9.17, 15) is 9.59 Å². The molecule has 0 spiro atoms. The van der Waals surface area contributed by atoms with Crippen molar-refractivity contribution < 1.29 is 9.59 Å². The molecule has 0 aliphatic carbocycles. The number of amides is 2. The van der Waals surface area contributed by atoms with Crippen molar-refractivity contribution in [2.75, 3.05) is 11.9 Å². The molecule has 2 amide bonds. The summed E-state index contributed by atoms with van der Waals surface area (Å²) in [5, 5.41) is -0.210. The van der Waals surface area contributed by atoms with Crippen molar-refractivity contribution in [2.24, 2.45) is 0 Å². The molecular formula is C24H26N2O2S. The third kappa shape index (κ3) is 3.71. The van der Waals surface area contributed by atoms with E-state index in [0.717, 1.165) is 29.3 Å². The van der Waals surface area contributed by atoms with Crippen LogP contribution in [0.25, 0.3) is 6.08 Å². The summed E-state index contributed by atoms with van der Waals surface area (Å²) in [6, 6.07) is 15.9. The smallest absolute Gasteiger partial charge is 0.293 e. The zero-order valence-electron chi connectivity index (χ0n) is 17.3. The Kier molecular flexibility index (Phi) is 5.03. The Balaban J connectivity index is 1.60. The van der Waals surface area contributed by atoms with E-state index in [-0.39, 0.29) is 16.7 Å². The van der Waals surface area contributed by atoms with Gasteiger partial charge in [0.2, 0.25) is 0 Å². The Bertz CT molecular complexity index is 997. The molecule has 1 saturated heterocycles. The summed E-state index contributed by atoms with van der Waals surface area (Å²) in [6.07, 6.45) is 2.93.